The molecule has 2 aliphatic rings. The van der Waals surface area contributed by atoms with Crippen molar-refractivity contribution in [2.24, 2.45) is 5.41 Å². The Bertz CT molecular complexity index is 1530. The largest absolute Gasteiger partial charge is 0.497 e. The summed E-state index contributed by atoms with van der Waals surface area (Å²) in [6.45, 7) is 8.40. The maximum atomic E-state index is 14.3. The number of carbonyl (C=O) groups is 1. The average molecular weight is 743 g/mol. The Morgan fingerprint density at radius 3 is 1.88 bits per heavy atom. The summed E-state index contributed by atoms with van der Waals surface area (Å²) in [5.74, 6) is 1.75. The summed E-state index contributed by atoms with van der Waals surface area (Å²) < 4.78 is 62.6. The highest BCUT2D eigenvalue weighted by Crippen LogP contribution is 2.53. The van der Waals surface area contributed by atoms with Crippen LogP contribution in [0.3, 0.4) is 0 Å². The van der Waals surface area contributed by atoms with Crippen LogP contribution in [-0.4, -0.2) is 75.9 Å². The number of thioether (sulfide) groups is 1. The maximum Gasteiger partial charge on any atom is 0.475 e. The van der Waals surface area contributed by atoms with Gasteiger partial charge < -0.3 is 23.7 Å². The molecule has 0 saturated carbocycles. The molecule has 2 unspecified atom stereocenters. The van der Waals surface area contributed by atoms with Crippen molar-refractivity contribution < 1.29 is 46.6 Å². The molecule has 3 aromatic rings. The summed E-state index contributed by atoms with van der Waals surface area (Å²) in [6.07, 6.45) is 0.103. The molecule has 0 bridgehead atoms. The minimum atomic E-state index is -4.11. The highest BCUT2D eigenvalue weighted by Gasteiger charge is 2.45. The average Bonchev–Trinajstić information content (AvgIpc) is 3.80. The van der Waals surface area contributed by atoms with E-state index >= 15 is 0 Å². The molecule has 10 nitrogen and oxygen atoms in total. The van der Waals surface area contributed by atoms with E-state index in [0.29, 0.717) is 38.2 Å². The molecule has 278 valence electrons. The number of phosphoric ester groups is 1. The smallest absolute Gasteiger partial charge is 0.475 e. The van der Waals surface area contributed by atoms with Crippen LogP contribution in [0.25, 0.3) is 0 Å². The van der Waals surface area contributed by atoms with Gasteiger partial charge in [-0.25, -0.2) is 4.57 Å². The monoisotopic (exact) mass is 742 g/mol. The molecule has 5 rings (SSSR count). The third-order valence-electron chi connectivity index (χ3n) is 9.04. The molecular formula is C39H51O10PS. The van der Waals surface area contributed by atoms with Crippen LogP contribution in [0, 0.1) is 5.41 Å². The van der Waals surface area contributed by atoms with E-state index in [1.165, 1.54) is 0 Å². The molecule has 0 N–H and O–H groups in total. The van der Waals surface area contributed by atoms with Crippen LogP contribution in [0.2, 0.25) is 0 Å². The lowest BCUT2D eigenvalue weighted by atomic mass is 9.79. The Morgan fingerprint density at radius 2 is 1.33 bits per heavy atom. The van der Waals surface area contributed by atoms with E-state index in [1.54, 1.807) is 14.2 Å². The van der Waals surface area contributed by atoms with Gasteiger partial charge in [-0.2, -0.15) is 0 Å². The van der Waals surface area contributed by atoms with Crippen molar-refractivity contribution >= 4 is 24.7 Å². The third-order valence-corrected chi connectivity index (χ3v) is 11.8. The van der Waals surface area contributed by atoms with Crippen molar-refractivity contribution in [1.82, 2.24) is 0 Å². The third kappa shape index (κ3) is 9.83. The first-order chi connectivity index (χ1) is 24.5. The number of ether oxygens (including phenoxy) is 5. The minimum Gasteiger partial charge on any atom is -0.497 e. The number of phosphoric acid groups is 1. The van der Waals surface area contributed by atoms with Gasteiger partial charge in [0.1, 0.15) is 23.2 Å². The molecule has 2 saturated heterocycles. The van der Waals surface area contributed by atoms with E-state index < -0.39 is 37.2 Å². The molecule has 0 aliphatic carbocycles. The number of hydrogen-bond acceptors (Lipinski definition) is 11. The molecule has 0 amide bonds. The molecular weight excluding hydrogens is 691 g/mol. The maximum absolute atomic E-state index is 14.3. The predicted octanol–water partition coefficient (Wildman–Crippen LogP) is 8.20. The van der Waals surface area contributed by atoms with E-state index in [4.69, 9.17) is 37.3 Å². The second-order valence-corrected chi connectivity index (χ2v) is 16.3. The molecule has 0 aromatic heterocycles. The fourth-order valence-corrected chi connectivity index (χ4v) is 8.56. The van der Waals surface area contributed by atoms with Crippen LogP contribution in [-0.2, 0) is 42.7 Å². The highest BCUT2D eigenvalue weighted by molar-refractivity contribution is 8.13. The van der Waals surface area contributed by atoms with E-state index in [-0.39, 0.29) is 24.4 Å². The zero-order valence-electron chi connectivity index (χ0n) is 30.4. The van der Waals surface area contributed by atoms with E-state index in [9.17, 15) is 9.36 Å². The van der Waals surface area contributed by atoms with Crippen LogP contribution in [0.1, 0.15) is 63.6 Å². The summed E-state index contributed by atoms with van der Waals surface area (Å²) in [7, 11) is -0.836. The summed E-state index contributed by atoms with van der Waals surface area (Å²) in [5, 5.41) is 0.0213. The van der Waals surface area contributed by atoms with Crippen molar-refractivity contribution in [2.75, 3.05) is 46.4 Å². The van der Waals surface area contributed by atoms with Gasteiger partial charge in [0.25, 0.3) is 0 Å². The molecule has 3 aromatic carbocycles. The number of benzene rings is 3. The molecule has 0 radical (unpaired) electrons. The van der Waals surface area contributed by atoms with Crippen LogP contribution in [0.15, 0.2) is 78.9 Å². The van der Waals surface area contributed by atoms with Crippen molar-refractivity contribution in [3.05, 3.63) is 95.6 Å². The SMILES string of the molecule is CC[C@H]1OCCC1O[P@@](=O)(OCCSC(=O)C(C)(C)C)OC[C@H]1OCCC1OC(c1ccccc1)(c1ccc(OC)cc1)c1ccc(OC)cc1. The summed E-state index contributed by atoms with van der Waals surface area (Å²) in [4.78, 5) is 12.5. The van der Waals surface area contributed by atoms with Gasteiger partial charge in [-0.3, -0.25) is 18.4 Å². The van der Waals surface area contributed by atoms with Crippen LogP contribution in [0.4, 0.5) is 0 Å². The van der Waals surface area contributed by atoms with Gasteiger partial charge >= 0.3 is 7.82 Å². The van der Waals surface area contributed by atoms with E-state index in [2.05, 4.69) is 0 Å². The number of rotatable bonds is 17. The fraction of sp³-hybridized carbons (Fsp3) is 0.513. The number of carbonyl (C=O) groups excluding carboxylic acids is 1. The molecule has 2 fully saturated rings. The zero-order chi connectivity index (χ0) is 36.5. The summed E-state index contributed by atoms with van der Waals surface area (Å²) in [5.41, 5.74) is 1.12. The first-order valence-corrected chi connectivity index (χ1v) is 20.0. The highest BCUT2D eigenvalue weighted by atomic mass is 32.2. The molecule has 12 heteroatoms. The zero-order valence-corrected chi connectivity index (χ0v) is 32.1. The van der Waals surface area contributed by atoms with E-state index in [1.807, 2.05) is 107 Å². The van der Waals surface area contributed by atoms with Crippen LogP contribution in [0.5, 0.6) is 11.5 Å². The van der Waals surface area contributed by atoms with E-state index in [0.717, 1.165) is 40.0 Å². The minimum absolute atomic E-state index is 0.00560. The van der Waals surface area contributed by atoms with Gasteiger partial charge in [-0.15, -0.1) is 0 Å². The quantitative estimate of drug-likeness (QED) is 0.0759. The Kier molecular flexibility index (Phi) is 13.8. The Labute approximate surface area is 306 Å². The number of methoxy groups -OCH3 is 2. The second-order valence-electron chi connectivity index (χ2n) is 13.6. The van der Waals surface area contributed by atoms with Gasteiger partial charge in [0.15, 0.2) is 5.12 Å². The van der Waals surface area contributed by atoms with Gasteiger partial charge in [0, 0.05) is 30.8 Å². The number of hydrogen-bond donors (Lipinski definition) is 0. The van der Waals surface area contributed by atoms with Gasteiger partial charge in [-0.1, -0.05) is 94.1 Å². The Morgan fingerprint density at radius 1 is 0.784 bits per heavy atom. The van der Waals surface area contributed by atoms with Gasteiger partial charge in [0.2, 0.25) is 0 Å². The normalized spacial score (nSPS) is 22.1. The van der Waals surface area contributed by atoms with Crippen molar-refractivity contribution in [3.63, 3.8) is 0 Å². The Balaban J connectivity index is 1.42. The first-order valence-electron chi connectivity index (χ1n) is 17.5. The van der Waals surface area contributed by atoms with Gasteiger partial charge in [0.05, 0.1) is 45.7 Å². The Hall–Kier alpha value is -2.73. The summed E-state index contributed by atoms with van der Waals surface area (Å²) >= 11 is 1.14. The lowest BCUT2D eigenvalue weighted by Gasteiger charge is -2.39. The topological polar surface area (TPSA) is 108 Å². The molecule has 5 atom stereocenters. The lowest BCUT2D eigenvalue weighted by molar-refractivity contribution is -0.117. The van der Waals surface area contributed by atoms with Gasteiger partial charge in [-0.05, 0) is 53.8 Å². The molecule has 51 heavy (non-hydrogen) atoms. The van der Waals surface area contributed by atoms with Crippen LogP contribution >= 0.6 is 19.6 Å². The van der Waals surface area contributed by atoms with Crippen molar-refractivity contribution in [1.29, 1.82) is 0 Å². The second kappa shape index (κ2) is 17.9. The lowest BCUT2D eigenvalue weighted by Crippen LogP contribution is -2.41. The first kappa shape index (κ1) is 39.5. The van der Waals surface area contributed by atoms with Crippen LogP contribution < -0.4 is 9.47 Å². The van der Waals surface area contributed by atoms with Crippen molar-refractivity contribution in [3.8, 4) is 11.5 Å². The standard InChI is InChI=1S/C39H51O10PS/c1-7-33-35(22-24-44-33)49-50(41,46-25-26-51-37(40)38(2,3)4)47-27-36-34(21-23-45-36)48-39(28-11-9-8-10-12-28,29-13-17-31(42-5)18-14-29)30-15-19-32(43-6)20-16-30/h8-20,33-36H,7,21-27H2,1-6H3/t33-,34?,35?,36-,50+/m1/s1. The molecule has 0 spiro atoms. The fourth-order valence-electron chi connectivity index (χ4n) is 6.23. The summed E-state index contributed by atoms with van der Waals surface area (Å²) in [6, 6.07) is 25.7. The molecule has 2 aliphatic heterocycles. The predicted molar refractivity (Wildman–Crippen MR) is 197 cm³/mol. The van der Waals surface area contributed by atoms with Crippen molar-refractivity contribution in [2.45, 2.75) is 77.0 Å². The molecule has 2 heterocycles.